The summed E-state index contributed by atoms with van der Waals surface area (Å²) in [5, 5.41) is 20.0. The first-order valence-electron chi connectivity index (χ1n) is 4.90. The average molecular weight is 218 g/mol. The Balaban J connectivity index is 4.04. The van der Waals surface area contributed by atoms with E-state index in [0.29, 0.717) is 19.4 Å². The number of aliphatic carboxylic acids is 2. The minimum Gasteiger partial charge on any atom is -0.480 e. The van der Waals surface area contributed by atoms with Crippen LogP contribution in [0, 0.1) is 0 Å². The van der Waals surface area contributed by atoms with Crippen LogP contribution < -0.4 is 11.1 Å². The lowest BCUT2D eigenvalue weighted by Gasteiger charge is -2.16. The van der Waals surface area contributed by atoms with Crippen LogP contribution in [0.15, 0.2) is 0 Å². The molecule has 0 unspecified atom stereocenters. The molecule has 6 nitrogen and oxygen atoms in total. The Morgan fingerprint density at radius 3 is 2.27 bits per heavy atom. The van der Waals surface area contributed by atoms with Gasteiger partial charge in [0.05, 0.1) is 0 Å². The highest BCUT2D eigenvalue weighted by atomic mass is 16.4. The zero-order valence-corrected chi connectivity index (χ0v) is 8.77. The lowest BCUT2D eigenvalue weighted by atomic mass is 10.1. The van der Waals surface area contributed by atoms with Crippen LogP contribution in [0.5, 0.6) is 0 Å². The highest BCUT2D eigenvalue weighted by Gasteiger charge is 2.21. The maximum absolute atomic E-state index is 10.8. The van der Waals surface area contributed by atoms with Crippen LogP contribution in [0.4, 0.5) is 0 Å². The number of hydrogen-bond acceptors (Lipinski definition) is 4. The molecule has 0 aliphatic heterocycles. The normalized spacial score (nSPS) is 14.5. The van der Waals surface area contributed by atoms with Crippen molar-refractivity contribution in [2.45, 2.75) is 38.3 Å². The third-order valence-electron chi connectivity index (χ3n) is 2.07. The highest BCUT2D eigenvalue weighted by Crippen LogP contribution is 2.02. The summed E-state index contributed by atoms with van der Waals surface area (Å²) in [6, 6.07) is -1.67. The van der Waals surface area contributed by atoms with Gasteiger partial charge in [-0.2, -0.15) is 0 Å². The van der Waals surface area contributed by atoms with Gasteiger partial charge >= 0.3 is 11.9 Å². The van der Waals surface area contributed by atoms with Gasteiger partial charge in [-0.05, 0) is 26.3 Å². The molecule has 0 aliphatic carbocycles. The van der Waals surface area contributed by atoms with E-state index in [2.05, 4.69) is 5.32 Å². The summed E-state index contributed by atoms with van der Waals surface area (Å²) in [6.07, 6.45) is 1.81. The lowest BCUT2D eigenvalue weighted by molar-refractivity contribution is -0.142. The van der Waals surface area contributed by atoms with Gasteiger partial charge in [0.15, 0.2) is 0 Å². The van der Waals surface area contributed by atoms with Crippen molar-refractivity contribution in [2.75, 3.05) is 6.54 Å². The van der Waals surface area contributed by atoms with E-state index in [-0.39, 0.29) is 0 Å². The van der Waals surface area contributed by atoms with E-state index in [0.717, 1.165) is 6.42 Å². The molecule has 15 heavy (non-hydrogen) atoms. The second-order valence-electron chi connectivity index (χ2n) is 3.40. The quantitative estimate of drug-likeness (QED) is 0.413. The second-order valence-corrected chi connectivity index (χ2v) is 3.40. The third-order valence-corrected chi connectivity index (χ3v) is 2.07. The Labute approximate surface area is 88.5 Å². The standard InChI is InChI=1S/C9H18N2O4/c1-6(8(12)13)11-7(9(14)15)4-2-3-5-10/h6-7,11H,2-5,10H2,1H3,(H,12,13)(H,14,15)/t6-,7-/m1/s1. The van der Waals surface area contributed by atoms with Gasteiger partial charge in [-0.1, -0.05) is 6.42 Å². The van der Waals surface area contributed by atoms with Gasteiger partial charge < -0.3 is 15.9 Å². The van der Waals surface area contributed by atoms with Gasteiger partial charge in [-0.3, -0.25) is 14.9 Å². The SMILES string of the molecule is C[C@@H](N[C@H](CCCCN)C(=O)O)C(=O)O. The predicted molar refractivity (Wildman–Crippen MR) is 54.6 cm³/mol. The summed E-state index contributed by atoms with van der Waals surface area (Å²) in [5.74, 6) is -2.08. The van der Waals surface area contributed by atoms with Gasteiger partial charge in [0, 0.05) is 0 Å². The minimum atomic E-state index is -1.06. The largest absolute Gasteiger partial charge is 0.480 e. The Morgan fingerprint density at radius 1 is 1.27 bits per heavy atom. The van der Waals surface area contributed by atoms with Crippen molar-refractivity contribution in [3.8, 4) is 0 Å². The highest BCUT2D eigenvalue weighted by molar-refractivity contribution is 5.77. The van der Waals surface area contributed by atoms with Crippen molar-refractivity contribution in [2.24, 2.45) is 5.73 Å². The predicted octanol–water partition coefficient (Wildman–Crippen LogP) is -0.369. The van der Waals surface area contributed by atoms with E-state index < -0.39 is 24.0 Å². The molecule has 0 fully saturated rings. The molecular weight excluding hydrogens is 200 g/mol. The summed E-state index contributed by atoms with van der Waals surface area (Å²) >= 11 is 0. The molecule has 5 N–H and O–H groups in total. The lowest BCUT2D eigenvalue weighted by Crippen LogP contribution is -2.45. The minimum absolute atomic E-state index is 0.393. The fourth-order valence-corrected chi connectivity index (χ4v) is 1.14. The summed E-state index contributed by atoms with van der Waals surface area (Å²) in [7, 11) is 0. The molecule has 0 bridgehead atoms. The number of carboxylic acids is 2. The second kappa shape index (κ2) is 7.19. The number of nitrogens with one attached hydrogen (secondary N) is 1. The Bertz CT molecular complexity index is 220. The summed E-state index contributed by atoms with van der Waals surface area (Å²) in [4.78, 5) is 21.3. The van der Waals surface area contributed by atoms with E-state index in [1.165, 1.54) is 6.92 Å². The molecule has 0 saturated heterocycles. The smallest absolute Gasteiger partial charge is 0.320 e. The van der Waals surface area contributed by atoms with Gasteiger partial charge in [0.1, 0.15) is 12.1 Å². The maximum atomic E-state index is 10.8. The number of hydrogen-bond donors (Lipinski definition) is 4. The zero-order chi connectivity index (χ0) is 11.8. The van der Waals surface area contributed by atoms with Crippen molar-refractivity contribution in [1.29, 1.82) is 0 Å². The molecule has 0 rings (SSSR count). The maximum Gasteiger partial charge on any atom is 0.320 e. The summed E-state index contributed by atoms with van der Waals surface area (Å²) < 4.78 is 0. The van der Waals surface area contributed by atoms with E-state index in [4.69, 9.17) is 15.9 Å². The first-order chi connectivity index (χ1) is 6.99. The average Bonchev–Trinajstić information content (AvgIpc) is 2.15. The van der Waals surface area contributed by atoms with Crippen LogP contribution in [0.1, 0.15) is 26.2 Å². The van der Waals surface area contributed by atoms with Crippen LogP contribution in [0.2, 0.25) is 0 Å². The molecule has 6 heteroatoms. The van der Waals surface area contributed by atoms with E-state index in [9.17, 15) is 9.59 Å². The fourth-order valence-electron chi connectivity index (χ4n) is 1.14. The van der Waals surface area contributed by atoms with Gasteiger partial charge in [0.25, 0.3) is 0 Å². The van der Waals surface area contributed by atoms with Crippen molar-refractivity contribution in [1.82, 2.24) is 5.32 Å². The van der Waals surface area contributed by atoms with Crippen molar-refractivity contribution >= 4 is 11.9 Å². The number of carbonyl (C=O) groups is 2. The molecule has 0 spiro atoms. The molecule has 0 radical (unpaired) electrons. The zero-order valence-electron chi connectivity index (χ0n) is 8.77. The van der Waals surface area contributed by atoms with Crippen LogP contribution in [0.25, 0.3) is 0 Å². The Kier molecular flexibility index (Phi) is 6.64. The molecule has 0 amide bonds. The van der Waals surface area contributed by atoms with E-state index in [1.54, 1.807) is 0 Å². The molecule has 0 aromatic rings. The van der Waals surface area contributed by atoms with Crippen LogP contribution >= 0.6 is 0 Å². The Hall–Kier alpha value is -1.14. The summed E-state index contributed by atoms with van der Waals surface area (Å²) in [5.41, 5.74) is 5.28. The van der Waals surface area contributed by atoms with E-state index >= 15 is 0 Å². The topological polar surface area (TPSA) is 113 Å². The number of unbranched alkanes of at least 4 members (excludes halogenated alkanes) is 1. The molecule has 0 aliphatic rings. The number of nitrogens with two attached hydrogens (primary N) is 1. The van der Waals surface area contributed by atoms with Gasteiger partial charge in [-0.25, -0.2) is 0 Å². The van der Waals surface area contributed by atoms with Crippen molar-refractivity contribution in [3.05, 3.63) is 0 Å². The first kappa shape index (κ1) is 13.9. The molecule has 2 atom stereocenters. The monoisotopic (exact) mass is 218 g/mol. The van der Waals surface area contributed by atoms with Crippen LogP contribution in [0.3, 0.4) is 0 Å². The van der Waals surface area contributed by atoms with Gasteiger partial charge in [0.2, 0.25) is 0 Å². The third kappa shape index (κ3) is 6.03. The molecule has 0 saturated carbocycles. The molecule has 0 aromatic carbocycles. The van der Waals surface area contributed by atoms with Crippen molar-refractivity contribution < 1.29 is 19.8 Å². The molecule has 0 heterocycles. The number of rotatable bonds is 8. The fraction of sp³-hybridized carbons (Fsp3) is 0.778. The van der Waals surface area contributed by atoms with Crippen molar-refractivity contribution in [3.63, 3.8) is 0 Å². The van der Waals surface area contributed by atoms with Crippen LogP contribution in [-0.2, 0) is 9.59 Å². The Morgan fingerprint density at radius 2 is 1.87 bits per heavy atom. The summed E-state index contributed by atoms with van der Waals surface area (Å²) in [6.45, 7) is 1.93. The molecule has 0 aromatic heterocycles. The first-order valence-corrected chi connectivity index (χ1v) is 4.90. The molecular formula is C9H18N2O4. The van der Waals surface area contributed by atoms with E-state index in [1.807, 2.05) is 0 Å². The van der Waals surface area contributed by atoms with Gasteiger partial charge in [-0.15, -0.1) is 0 Å². The number of carboxylic acid groups (broad SMARTS) is 2. The van der Waals surface area contributed by atoms with Crippen LogP contribution in [-0.4, -0.2) is 40.8 Å². The molecule has 88 valence electrons.